The third-order valence-electron chi connectivity index (χ3n) is 4.82. The van der Waals surface area contributed by atoms with Gasteiger partial charge in [0.25, 0.3) is 0 Å². The van der Waals surface area contributed by atoms with Crippen molar-refractivity contribution in [3.63, 3.8) is 0 Å². The second kappa shape index (κ2) is 7.90. The highest BCUT2D eigenvalue weighted by molar-refractivity contribution is 5.89. The van der Waals surface area contributed by atoms with Crippen molar-refractivity contribution in [1.29, 1.82) is 0 Å². The molecule has 0 aliphatic carbocycles. The molecule has 1 atom stereocenters. The highest BCUT2D eigenvalue weighted by Gasteiger charge is 2.26. The standard InChI is InChI=1S/C18H26N2O3/c1-22-18(21)16-6-4-15(5-7-16)13-19-8-2-3-17(14-19)20-9-11-23-12-10-20/h4-7,17H,2-3,8-14H2,1H3. The predicted octanol–water partition coefficient (Wildman–Crippen LogP) is 1.77. The fourth-order valence-corrected chi connectivity index (χ4v) is 3.54. The number of rotatable bonds is 4. The van der Waals surface area contributed by atoms with Crippen LogP contribution in [0.1, 0.15) is 28.8 Å². The van der Waals surface area contributed by atoms with Gasteiger partial charge in [-0.3, -0.25) is 9.80 Å². The Labute approximate surface area is 138 Å². The van der Waals surface area contributed by atoms with E-state index < -0.39 is 0 Å². The molecule has 0 N–H and O–H groups in total. The molecule has 1 unspecified atom stereocenters. The topological polar surface area (TPSA) is 42.0 Å². The van der Waals surface area contributed by atoms with E-state index in [-0.39, 0.29) is 5.97 Å². The van der Waals surface area contributed by atoms with Crippen LogP contribution in [0, 0.1) is 0 Å². The van der Waals surface area contributed by atoms with E-state index in [9.17, 15) is 4.79 Å². The van der Waals surface area contributed by atoms with Crippen molar-refractivity contribution in [1.82, 2.24) is 9.80 Å². The van der Waals surface area contributed by atoms with E-state index in [1.165, 1.54) is 25.5 Å². The molecular weight excluding hydrogens is 292 g/mol. The van der Waals surface area contributed by atoms with E-state index in [1.54, 1.807) is 0 Å². The summed E-state index contributed by atoms with van der Waals surface area (Å²) in [5.74, 6) is -0.276. The quantitative estimate of drug-likeness (QED) is 0.792. The van der Waals surface area contributed by atoms with Gasteiger partial charge < -0.3 is 9.47 Å². The Hall–Kier alpha value is -1.43. The van der Waals surface area contributed by atoms with Crippen LogP contribution >= 0.6 is 0 Å². The molecule has 23 heavy (non-hydrogen) atoms. The molecule has 126 valence electrons. The Bertz CT molecular complexity index is 512. The molecule has 5 heteroatoms. The summed E-state index contributed by atoms with van der Waals surface area (Å²) in [4.78, 5) is 16.6. The van der Waals surface area contributed by atoms with E-state index in [0.29, 0.717) is 11.6 Å². The number of nitrogens with zero attached hydrogens (tertiary/aromatic N) is 2. The third kappa shape index (κ3) is 4.31. The number of carbonyl (C=O) groups excluding carboxylic acids is 1. The molecule has 2 aliphatic rings. The molecule has 2 saturated heterocycles. The monoisotopic (exact) mass is 318 g/mol. The molecule has 2 heterocycles. The highest BCUT2D eigenvalue weighted by Crippen LogP contribution is 2.19. The summed E-state index contributed by atoms with van der Waals surface area (Å²) in [5, 5.41) is 0. The molecule has 0 radical (unpaired) electrons. The van der Waals surface area contributed by atoms with Gasteiger partial charge >= 0.3 is 5.97 Å². The predicted molar refractivity (Wildman–Crippen MR) is 88.5 cm³/mol. The fourth-order valence-electron chi connectivity index (χ4n) is 3.54. The number of hydrogen-bond donors (Lipinski definition) is 0. The number of ether oxygens (including phenoxy) is 2. The summed E-state index contributed by atoms with van der Waals surface area (Å²) in [6, 6.07) is 8.42. The number of methoxy groups -OCH3 is 1. The minimum absolute atomic E-state index is 0.276. The average molecular weight is 318 g/mol. The lowest BCUT2D eigenvalue weighted by Gasteiger charge is -2.40. The first-order chi connectivity index (χ1) is 11.3. The fraction of sp³-hybridized carbons (Fsp3) is 0.611. The maximum absolute atomic E-state index is 11.5. The largest absolute Gasteiger partial charge is 0.465 e. The first-order valence-electron chi connectivity index (χ1n) is 8.47. The van der Waals surface area contributed by atoms with Gasteiger partial charge in [-0.05, 0) is 37.1 Å². The van der Waals surface area contributed by atoms with Gasteiger partial charge in [-0.25, -0.2) is 4.79 Å². The molecule has 1 aromatic rings. The van der Waals surface area contributed by atoms with Crippen LogP contribution in [0.5, 0.6) is 0 Å². The summed E-state index contributed by atoms with van der Waals surface area (Å²) in [6.07, 6.45) is 2.54. The lowest BCUT2D eigenvalue weighted by Crippen LogP contribution is -2.51. The second-order valence-electron chi connectivity index (χ2n) is 6.37. The van der Waals surface area contributed by atoms with Crippen LogP contribution in [0.3, 0.4) is 0 Å². The Morgan fingerprint density at radius 3 is 2.65 bits per heavy atom. The molecule has 0 amide bonds. The minimum Gasteiger partial charge on any atom is -0.465 e. The summed E-state index contributed by atoms with van der Waals surface area (Å²) >= 11 is 0. The van der Waals surface area contributed by atoms with Crippen LogP contribution in [0.2, 0.25) is 0 Å². The lowest BCUT2D eigenvalue weighted by atomic mass is 10.0. The molecule has 3 rings (SSSR count). The number of benzene rings is 1. The normalized spacial score (nSPS) is 23.6. The van der Waals surface area contributed by atoms with E-state index in [1.807, 2.05) is 24.3 Å². The van der Waals surface area contributed by atoms with Crippen molar-refractivity contribution in [3.05, 3.63) is 35.4 Å². The summed E-state index contributed by atoms with van der Waals surface area (Å²) < 4.78 is 10.2. The number of piperidine rings is 1. The average Bonchev–Trinajstić information content (AvgIpc) is 2.63. The van der Waals surface area contributed by atoms with Crippen LogP contribution in [-0.4, -0.2) is 68.3 Å². The van der Waals surface area contributed by atoms with Crippen LogP contribution in [0.4, 0.5) is 0 Å². The maximum Gasteiger partial charge on any atom is 0.337 e. The first kappa shape index (κ1) is 16.4. The van der Waals surface area contributed by atoms with Gasteiger partial charge in [-0.2, -0.15) is 0 Å². The van der Waals surface area contributed by atoms with Gasteiger partial charge in [0, 0.05) is 32.2 Å². The lowest BCUT2D eigenvalue weighted by molar-refractivity contribution is -0.00358. The zero-order valence-electron chi connectivity index (χ0n) is 13.9. The van der Waals surface area contributed by atoms with Gasteiger partial charge in [0.05, 0.1) is 25.9 Å². The van der Waals surface area contributed by atoms with Crippen LogP contribution in [0.15, 0.2) is 24.3 Å². The van der Waals surface area contributed by atoms with Crippen LogP contribution in [0.25, 0.3) is 0 Å². The van der Waals surface area contributed by atoms with E-state index in [4.69, 9.17) is 9.47 Å². The van der Waals surface area contributed by atoms with Gasteiger partial charge in [-0.1, -0.05) is 12.1 Å². The number of morpholine rings is 1. The molecule has 0 bridgehead atoms. The number of likely N-dealkylation sites (tertiary alicyclic amines) is 1. The van der Waals surface area contributed by atoms with E-state index in [0.717, 1.165) is 45.9 Å². The summed E-state index contributed by atoms with van der Waals surface area (Å²) in [6.45, 7) is 7.08. The van der Waals surface area contributed by atoms with Crippen molar-refractivity contribution >= 4 is 5.97 Å². The Morgan fingerprint density at radius 2 is 1.96 bits per heavy atom. The van der Waals surface area contributed by atoms with Crippen molar-refractivity contribution in [2.75, 3.05) is 46.5 Å². The zero-order chi connectivity index (χ0) is 16.1. The third-order valence-corrected chi connectivity index (χ3v) is 4.82. The molecule has 0 aromatic heterocycles. The van der Waals surface area contributed by atoms with Gasteiger partial charge in [0.1, 0.15) is 0 Å². The van der Waals surface area contributed by atoms with Gasteiger partial charge in [0.2, 0.25) is 0 Å². The number of esters is 1. The highest BCUT2D eigenvalue weighted by atomic mass is 16.5. The second-order valence-corrected chi connectivity index (χ2v) is 6.37. The molecule has 2 fully saturated rings. The van der Waals surface area contributed by atoms with Crippen molar-refractivity contribution in [2.45, 2.75) is 25.4 Å². The maximum atomic E-state index is 11.5. The van der Waals surface area contributed by atoms with Gasteiger partial charge in [0.15, 0.2) is 0 Å². The molecule has 5 nitrogen and oxygen atoms in total. The Balaban J connectivity index is 1.55. The minimum atomic E-state index is -0.276. The summed E-state index contributed by atoms with van der Waals surface area (Å²) in [5.41, 5.74) is 1.86. The smallest absolute Gasteiger partial charge is 0.337 e. The molecule has 0 spiro atoms. The molecular formula is C18H26N2O3. The van der Waals surface area contributed by atoms with Crippen molar-refractivity contribution < 1.29 is 14.3 Å². The zero-order valence-corrected chi connectivity index (χ0v) is 13.9. The molecule has 1 aromatic carbocycles. The Kier molecular flexibility index (Phi) is 5.65. The summed E-state index contributed by atoms with van der Waals surface area (Å²) in [7, 11) is 1.41. The molecule has 2 aliphatic heterocycles. The first-order valence-corrected chi connectivity index (χ1v) is 8.47. The van der Waals surface area contributed by atoms with Crippen molar-refractivity contribution in [3.8, 4) is 0 Å². The number of carbonyl (C=O) groups is 1. The van der Waals surface area contributed by atoms with Gasteiger partial charge in [-0.15, -0.1) is 0 Å². The molecule has 0 saturated carbocycles. The SMILES string of the molecule is COC(=O)c1ccc(CN2CCCC(N3CCOCC3)C2)cc1. The van der Waals surface area contributed by atoms with E-state index in [2.05, 4.69) is 9.80 Å². The van der Waals surface area contributed by atoms with E-state index >= 15 is 0 Å². The van der Waals surface area contributed by atoms with Crippen LogP contribution in [-0.2, 0) is 16.0 Å². The Morgan fingerprint density at radius 1 is 1.22 bits per heavy atom. The van der Waals surface area contributed by atoms with Crippen molar-refractivity contribution in [2.24, 2.45) is 0 Å². The number of hydrogen-bond acceptors (Lipinski definition) is 5. The van der Waals surface area contributed by atoms with Crippen LogP contribution < -0.4 is 0 Å².